The lowest BCUT2D eigenvalue weighted by molar-refractivity contribution is 0.505. The largest absolute Gasteiger partial charge is 0.0892 e. The van der Waals surface area contributed by atoms with Crippen molar-refractivity contribution in [3.05, 3.63) is 10.6 Å². The number of allylic oxidation sites excluding steroid dienone is 2. The van der Waals surface area contributed by atoms with E-state index in [4.69, 9.17) is 11.6 Å². The highest BCUT2D eigenvalue weighted by Gasteiger charge is 2.12. The van der Waals surface area contributed by atoms with Gasteiger partial charge in [-0.3, -0.25) is 0 Å². The summed E-state index contributed by atoms with van der Waals surface area (Å²) in [6.45, 7) is 4.42. The zero-order valence-corrected chi connectivity index (χ0v) is 6.83. The average molecular weight is 145 g/mol. The van der Waals surface area contributed by atoms with Crippen molar-refractivity contribution in [2.24, 2.45) is 5.92 Å². The molecule has 9 heavy (non-hydrogen) atoms. The highest BCUT2D eigenvalue weighted by atomic mass is 35.5. The molecule has 0 amide bonds. The minimum absolute atomic E-state index is 0.854. The van der Waals surface area contributed by atoms with Gasteiger partial charge in [0, 0.05) is 5.03 Å². The molecule has 1 heteroatoms. The van der Waals surface area contributed by atoms with Gasteiger partial charge in [-0.05, 0) is 32.1 Å². The first-order valence-corrected chi connectivity index (χ1v) is 3.92. The fraction of sp³-hybridized carbons (Fsp3) is 0.750. The first kappa shape index (κ1) is 7.14. The summed E-state index contributed by atoms with van der Waals surface area (Å²) in [6.07, 6.45) is 3.59. The molecule has 1 atom stereocenters. The maximum Gasteiger partial charge on any atom is 0.0170 e. The third-order valence-corrected chi connectivity index (χ3v) is 2.49. The summed E-state index contributed by atoms with van der Waals surface area (Å²) >= 11 is 5.91. The number of hydrogen-bond acceptors (Lipinski definition) is 0. The van der Waals surface area contributed by atoms with Gasteiger partial charge in [0.15, 0.2) is 0 Å². The molecule has 0 aromatic rings. The molecule has 0 aromatic carbocycles. The van der Waals surface area contributed by atoms with Crippen LogP contribution in [0.1, 0.15) is 33.1 Å². The molecule has 0 N–H and O–H groups in total. The summed E-state index contributed by atoms with van der Waals surface area (Å²) < 4.78 is 0. The first-order valence-electron chi connectivity index (χ1n) is 3.54. The van der Waals surface area contributed by atoms with Gasteiger partial charge in [-0.1, -0.05) is 24.1 Å². The molecular weight excluding hydrogens is 132 g/mol. The van der Waals surface area contributed by atoms with Crippen molar-refractivity contribution in [3.8, 4) is 0 Å². The molecule has 1 rings (SSSR count). The summed E-state index contributed by atoms with van der Waals surface area (Å²) in [7, 11) is 0. The highest BCUT2D eigenvalue weighted by Crippen LogP contribution is 2.30. The molecule has 0 radical (unpaired) electrons. The van der Waals surface area contributed by atoms with E-state index in [0.717, 1.165) is 17.4 Å². The Morgan fingerprint density at radius 1 is 1.56 bits per heavy atom. The van der Waals surface area contributed by atoms with Crippen LogP contribution in [0.15, 0.2) is 10.6 Å². The third-order valence-electron chi connectivity index (χ3n) is 1.97. The second kappa shape index (κ2) is 2.74. The van der Waals surface area contributed by atoms with Gasteiger partial charge in [0.25, 0.3) is 0 Å². The monoisotopic (exact) mass is 144 g/mol. The molecule has 0 heterocycles. The lowest BCUT2D eigenvalue weighted by Crippen LogP contribution is -2.02. The van der Waals surface area contributed by atoms with E-state index >= 15 is 0 Å². The van der Waals surface area contributed by atoms with E-state index in [1.807, 2.05) is 0 Å². The first-order chi connectivity index (χ1) is 4.20. The summed E-state index contributed by atoms with van der Waals surface area (Å²) in [6, 6.07) is 0. The van der Waals surface area contributed by atoms with E-state index in [-0.39, 0.29) is 0 Å². The van der Waals surface area contributed by atoms with Gasteiger partial charge in [-0.25, -0.2) is 0 Å². The zero-order chi connectivity index (χ0) is 6.85. The van der Waals surface area contributed by atoms with Crippen LogP contribution in [0.3, 0.4) is 0 Å². The Labute approximate surface area is 61.9 Å². The van der Waals surface area contributed by atoms with Crippen LogP contribution in [-0.2, 0) is 0 Å². The van der Waals surface area contributed by atoms with E-state index in [2.05, 4.69) is 13.8 Å². The average Bonchev–Trinajstić information content (AvgIpc) is 1.80. The van der Waals surface area contributed by atoms with Gasteiger partial charge in [-0.2, -0.15) is 0 Å². The molecule has 1 aliphatic carbocycles. The Balaban J connectivity index is 2.61. The molecule has 0 saturated carbocycles. The second-order valence-corrected chi connectivity index (χ2v) is 3.49. The zero-order valence-electron chi connectivity index (χ0n) is 6.08. The summed E-state index contributed by atoms with van der Waals surface area (Å²) in [5.74, 6) is 0.854. The van der Waals surface area contributed by atoms with Gasteiger partial charge >= 0.3 is 0 Å². The predicted molar refractivity (Wildman–Crippen MR) is 41.6 cm³/mol. The van der Waals surface area contributed by atoms with Crippen molar-refractivity contribution in [1.82, 2.24) is 0 Å². The van der Waals surface area contributed by atoms with Crippen LogP contribution in [-0.4, -0.2) is 0 Å². The number of rotatable bonds is 0. The van der Waals surface area contributed by atoms with E-state index in [1.54, 1.807) is 0 Å². The van der Waals surface area contributed by atoms with Crippen molar-refractivity contribution >= 4 is 11.6 Å². The molecule has 0 fully saturated rings. The lowest BCUT2D eigenvalue weighted by atomic mass is 9.91. The van der Waals surface area contributed by atoms with Crippen LogP contribution in [0.2, 0.25) is 0 Å². The topological polar surface area (TPSA) is 0 Å². The predicted octanol–water partition coefficient (Wildman–Crippen LogP) is 3.32. The van der Waals surface area contributed by atoms with Crippen molar-refractivity contribution in [1.29, 1.82) is 0 Å². The minimum atomic E-state index is 0.854. The van der Waals surface area contributed by atoms with Gasteiger partial charge in [0.2, 0.25) is 0 Å². The van der Waals surface area contributed by atoms with E-state index < -0.39 is 0 Å². The normalized spacial score (nSPS) is 29.0. The molecular formula is C8H13Cl. The molecule has 52 valence electrons. The van der Waals surface area contributed by atoms with Gasteiger partial charge < -0.3 is 0 Å². The summed E-state index contributed by atoms with van der Waals surface area (Å²) in [5, 5.41) is 1.10. The van der Waals surface area contributed by atoms with Crippen LogP contribution in [0.25, 0.3) is 0 Å². The van der Waals surface area contributed by atoms with E-state index in [9.17, 15) is 0 Å². The summed E-state index contributed by atoms with van der Waals surface area (Å²) in [5.41, 5.74) is 1.40. The van der Waals surface area contributed by atoms with E-state index in [1.165, 1.54) is 18.4 Å². The molecule has 1 unspecified atom stereocenters. The van der Waals surface area contributed by atoms with Gasteiger partial charge in [-0.15, -0.1) is 0 Å². The fourth-order valence-corrected chi connectivity index (χ4v) is 1.51. The molecule has 0 nitrogen and oxygen atoms in total. The quantitative estimate of drug-likeness (QED) is 0.489. The molecule has 0 saturated heterocycles. The third kappa shape index (κ3) is 1.72. The van der Waals surface area contributed by atoms with Gasteiger partial charge in [0.05, 0.1) is 0 Å². The fourth-order valence-electron chi connectivity index (χ4n) is 1.32. The Morgan fingerprint density at radius 3 is 2.67 bits per heavy atom. The van der Waals surface area contributed by atoms with Crippen LogP contribution < -0.4 is 0 Å². The highest BCUT2D eigenvalue weighted by molar-refractivity contribution is 6.29. The molecule has 0 bridgehead atoms. The van der Waals surface area contributed by atoms with Crippen LogP contribution in [0, 0.1) is 5.92 Å². The second-order valence-electron chi connectivity index (χ2n) is 3.03. The Hall–Kier alpha value is 0.0300. The van der Waals surface area contributed by atoms with Crippen LogP contribution >= 0.6 is 11.6 Å². The van der Waals surface area contributed by atoms with Gasteiger partial charge in [0.1, 0.15) is 0 Å². The Morgan fingerprint density at radius 2 is 2.22 bits per heavy atom. The van der Waals surface area contributed by atoms with Crippen molar-refractivity contribution < 1.29 is 0 Å². The molecule has 0 spiro atoms. The summed E-state index contributed by atoms with van der Waals surface area (Å²) in [4.78, 5) is 0. The standard InChI is InChI=1S/C8H13Cl/c1-6-3-4-8(9)7(2)5-6/h6H,3-5H2,1-2H3. The maximum absolute atomic E-state index is 5.91. The van der Waals surface area contributed by atoms with Crippen LogP contribution in [0.5, 0.6) is 0 Å². The van der Waals surface area contributed by atoms with E-state index in [0.29, 0.717) is 0 Å². The smallest absolute Gasteiger partial charge is 0.0170 e. The molecule has 0 aromatic heterocycles. The van der Waals surface area contributed by atoms with Crippen molar-refractivity contribution in [3.63, 3.8) is 0 Å². The molecule has 1 aliphatic rings. The lowest BCUT2D eigenvalue weighted by Gasteiger charge is -2.18. The number of halogens is 1. The van der Waals surface area contributed by atoms with Crippen molar-refractivity contribution in [2.75, 3.05) is 0 Å². The Kier molecular flexibility index (Phi) is 2.18. The Bertz CT molecular complexity index is 136. The maximum atomic E-state index is 5.91. The molecule has 0 aliphatic heterocycles. The minimum Gasteiger partial charge on any atom is -0.0892 e. The van der Waals surface area contributed by atoms with Crippen LogP contribution in [0.4, 0.5) is 0 Å². The number of hydrogen-bond donors (Lipinski definition) is 0. The van der Waals surface area contributed by atoms with Crippen molar-refractivity contribution in [2.45, 2.75) is 33.1 Å². The SMILES string of the molecule is CC1=C(Cl)CCC(C)C1.